The van der Waals surface area contributed by atoms with E-state index in [1.54, 1.807) is 12.3 Å². The molecule has 0 aromatic heterocycles. The molecule has 142 valence electrons. The fourth-order valence-electron chi connectivity index (χ4n) is 3.27. The molecule has 0 unspecified atom stereocenters. The Morgan fingerprint density at radius 2 is 1.83 bits per heavy atom. The largest absolute Gasteiger partial charge is 0.507 e. The molecule has 0 fully saturated rings. The molecule has 1 atom stereocenters. The lowest BCUT2D eigenvalue weighted by molar-refractivity contribution is 0.388. The second-order valence-electron chi connectivity index (χ2n) is 6.52. The average Bonchev–Trinajstić information content (AvgIpc) is 2.73. The number of nitrogens with zero attached hydrogens (tertiary/aromatic N) is 2. The Morgan fingerprint density at radius 3 is 2.52 bits per heavy atom. The lowest BCUT2D eigenvalue weighted by Gasteiger charge is -2.27. The Kier molecular flexibility index (Phi) is 5.07. The number of hydrogen-bond donors (Lipinski definition) is 2. The minimum atomic E-state index is -0.402. The van der Waals surface area contributed by atoms with E-state index in [0.717, 1.165) is 21.3 Å². The molecule has 6 heteroatoms. The SMILES string of the molecule is N#CC1=C(N)Oc2cc(O)c(C=Nc3ccccc3)cc2[C@H]1c1ccc(Br)cc1. The summed E-state index contributed by atoms with van der Waals surface area (Å²) in [5.41, 5.74) is 9.27. The number of hydrogen-bond acceptors (Lipinski definition) is 5. The molecular formula is C23H16BrN3O2. The third-order valence-corrected chi connectivity index (χ3v) is 5.21. The Labute approximate surface area is 176 Å². The molecule has 1 aliphatic rings. The molecule has 3 N–H and O–H groups in total. The van der Waals surface area contributed by atoms with Gasteiger partial charge in [0.25, 0.3) is 0 Å². The first-order chi connectivity index (χ1) is 14.1. The first-order valence-electron chi connectivity index (χ1n) is 8.86. The van der Waals surface area contributed by atoms with Gasteiger partial charge in [-0.1, -0.05) is 46.3 Å². The lowest BCUT2D eigenvalue weighted by Crippen LogP contribution is -2.21. The highest BCUT2D eigenvalue weighted by molar-refractivity contribution is 9.10. The van der Waals surface area contributed by atoms with Crippen LogP contribution in [0.25, 0.3) is 0 Å². The molecule has 0 bridgehead atoms. The predicted octanol–water partition coefficient (Wildman–Crippen LogP) is 5.12. The summed E-state index contributed by atoms with van der Waals surface area (Å²) in [7, 11) is 0. The van der Waals surface area contributed by atoms with Crippen LogP contribution in [0.3, 0.4) is 0 Å². The Bertz CT molecular complexity index is 1160. The molecule has 0 amide bonds. The maximum atomic E-state index is 10.4. The molecule has 1 heterocycles. The fourth-order valence-corrected chi connectivity index (χ4v) is 3.54. The number of aromatic hydroxyl groups is 1. The third kappa shape index (κ3) is 3.73. The average molecular weight is 446 g/mol. The van der Waals surface area contributed by atoms with Gasteiger partial charge in [0.15, 0.2) is 0 Å². The van der Waals surface area contributed by atoms with Crippen molar-refractivity contribution in [3.63, 3.8) is 0 Å². The van der Waals surface area contributed by atoms with Crippen LogP contribution in [0.4, 0.5) is 5.69 Å². The van der Waals surface area contributed by atoms with Crippen LogP contribution in [0.15, 0.2) is 87.7 Å². The van der Waals surface area contributed by atoms with Gasteiger partial charge in [-0.2, -0.15) is 5.26 Å². The van der Waals surface area contributed by atoms with Crippen molar-refractivity contribution in [2.24, 2.45) is 10.7 Å². The second kappa shape index (κ2) is 7.82. The van der Waals surface area contributed by atoms with Crippen molar-refractivity contribution >= 4 is 27.8 Å². The van der Waals surface area contributed by atoms with E-state index in [0.29, 0.717) is 16.9 Å². The van der Waals surface area contributed by atoms with E-state index in [1.807, 2.05) is 54.6 Å². The zero-order chi connectivity index (χ0) is 20.4. The number of phenols is 1. The number of halogens is 1. The van der Waals surface area contributed by atoms with Gasteiger partial charge < -0.3 is 15.6 Å². The van der Waals surface area contributed by atoms with E-state index in [9.17, 15) is 10.4 Å². The first kappa shape index (κ1) is 18.8. The zero-order valence-electron chi connectivity index (χ0n) is 15.2. The molecule has 4 rings (SSSR count). The molecule has 0 saturated heterocycles. The number of nitriles is 1. The Hall–Kier alpha value is -3.56. The van der Waals surface area contributed by atoms with E-state index < -0.39 is 5.92 Å². The number of rotatable bonds is 3. The highest BCUT2D eigenvalue weighted by atomic mass is 79.9. The molecular weight excluding hydrogens is 430 g/mol. The van der Waals surface area contributed by atoms with Crippen LogP contribution in [0.1, 0.15) is 22.6 Å². The number of fused-ring (bicyclic) bond motifs is 1. The van der Waals surface area contributed by atoms with Gasteiger partial charge >= 0.3 is 0 Å². The summed E-state index contributed by atoms with van der Waals surface area (Å²) >= 11 is 3.43. The quantitative estimate of drug-likeness (QED) is 0.546. The zero-order valence-corrected chi connectivity index (χ0v) is 16.8. The van der Waals surface area contributed by atoms with Crippen LogP contribution in [0, 0.1) is 11.3 Å². The van der Waals surface area contributed by atoms with Crippen LogP contribution in [0.5, 0.6) is 11.5 Å². The second-order valence-corrected chi connectivity index (χ2v) is 7.43. The minimum Gasteiger partial charge on any atom is -0.507 e. The fraction of sp³-hybridized carbons (Fsp3) is 0.0435. The number of aliphatic imine (C=N–C) groups is 1. The molecule has 1 aliphatic heterocycles. The molecule has 0 spiro atoms. The maximum Gasteiger partial charge on any atom is 0.205 e. The molecule has 0 radical (unpaired) electrons. The highest BCUT2D eigenvalue weighted by Crippen LogP contribution is 2.44. The monoisotopic (exact) mass is 445 g/mol. The number of nitrogens with two attached hydrogens (primary N) is 1. The summed E-state index contributed by atoms with van der Waals surface area (Å²) in [6, 6.07) is 22.6. The molecule has 5 nitrogen and oxygen atoms in total. The van der Waals surface area contributed by atoms with E-state index in [-0.39, 0.29) is 11.6 Å². The Morgan fingerprint density at radius 1 is 1.10 bits per heavy atom. The molecule has 0 saturated carbocycles. The lowest BCUT2D eigenvalue weighted by atomic mass is 9.83. The number of allylic oxidation sites excluding steroid dienone is 1. The van der Waals surface area contributed by atoms with Crippen molar-refractivity contribution in [1.82, 2.24) is 0 Å². The summed E-state index contributed by atoms with van der Waals surface area (Å²) < 4.78 is 6.57. The van der Waals surface area contributed by atoms with E-state index >= 15 is 0 Å². The predicted molar refractivity (Wildman–Crippen MR) is 115 cm³/mol. The van der Waals surface area contributed by atoms with Crippen molar-refractivity contribution in [2.45, 2.75) is 5.92 Å². The van der Waals surface area contributed by atoms with Gasteiger partial charge in [-0.3, -0.25) is 4.99 Å². The van der Waals surface area contributed by atoms with Crippen LogP contribution in [-0.2, 0) is 0 Å². The maximum absolute atomic E-state index is 10.4. The van der Waals surface area contributed by atoms with Gasteiger partial charge in [-0.25, -0.2) is 0 Å². The third-order valence-electron chi connectivity index (χ3n) is 4.68. The van der Waals surface area contributed by atoms with Crippen LogP contribution in [-0.4, -0.2) is 11.3 Å². The van der Waals surface area contributed by atoms with Crippen LogP contribution in [0.2, 0.25) is 0 Å². The van der Waals surface area contributed by atoms with Crippen molar-refractivity contribution < 1.29 is 9.84 Å². The minimum absolute atomic E-state index is 0.0196. The first-order valence-corrected chi connectivity index (χ1v) is 9.65. The van der Waals surface area contributed by atoms with Crippen LogP contribution < -0.4 is 10.5 Å². The van der Waals surface area contributed by atoms with Crippen molar-refractivity contribution in [1.29, 1.82) is 5.26 Å². The standard InChI is InChI=1S/C23H16BrN3O2/c24-16-8-6-14(7-9-16)22-18-10-15(13-27-17-4-2-1-3-5-17)20(28)11-21(18)29-23(26)19(22)12-25/h1-11,13,22,28H,26H2/t22-/m1/s1. The summed E-state index contributed by atoms with van der Waals surface area (Å²) in [5, 5.41) is 20.1. The number of para-hydroxylation sites is 1. The van der Waals surface area contributed by atoms with Gasteiger partial charge in [-0.15, -0.1) is 0 Å². The van der Waals surface area contributed by atoms with Crippen molar-refractivity contribution in [3.05, 3.63) is 99.3 Å². The summed E-state index contributed by atoms with van der Waals surface area (Å²) in [6.07, 6.45) is 1.59. The van der Waals surface area contributed by atoms with Crippen molar-refractivity contribution in [2.75, 3.05) is 0 Å². The normalized spacial score (nSPS) is 15.7. The molecule has 3 aromatic carbocycles. The highest BCUT2D eigenvalue weighted by Gasteiger charge is 2.31. The van der Waals surface area contributed by atoms with Gasteiger partial charge in [-0.05, 0) is 35.9 Å². The summed E-state index contributed by atoms with van der Waals surface area (Å²) in [5.74, 6) is 0.0781. The topological polar surface area (TPSA) is 91.6 Å². The van der Waals surface area contributed by atoms with E-state index in [2.05, 4.69) is 27.0 Å². The van der Waals surface area contributed by atoms with E-state index in [4.69, 9.17) is 10.5 Å². The summed E-state index contributed by atoms with van der Waals surface area (Å²) in [4.78, 5) is 4.42. The number of phenolic OH excluding ortho intramolecular Hbond substituents is 1. The van der Waals surface area contributed by atoms with Gasteiger partial charge in [0.2, 0.25) is 5.88 Å². The Balaban J connectivity index is 1.83. The number of ether oxygens (including phenoxy) is 1. The molecule has 29 heavy (non-hydrogen) atoms. The van der Waals surface area contributed by atoms with E-state index in [1.165, 1.54) is 6.07 Å². The summed E-state index contributed by atoms with van der Waals surface area (Å²) in [6.45, 7) is 0. The van der Waals surface area contributed by atoms with Gasteiger partial charge in [0.05, 0.1) is 11.6 Å². The molecule has 3 aromatic rings. The molecule has 0 aliphatic carbocycles. The van der Waals surface area contributed by atoms with Gasteiger partial charge in [0.1, 0.15) is 23.1 Å². The van der Waals surface area contributed by atoms with Crippen LogP contribution >= 0.6 is 15.9 Å². The van der Waals surface area contributed by atoms with Gasteiger partial charge in [0, 0.05) is 27.9 Å². The van der Waals surface area contributed by atoms with Crippen molar-refractivity contribution in [3.8, 4) is 17.6 Å². The smallest absolute Gasteiger partial charge is 0.205 e. The number of benzene rings is 3.